The molecule has 2 N–H and O–H groups in total. The van der Waals surface area contributed by atoms with Crippen molar-refractivity contribution in [3.63, 3.8) is 0 Å². The van der Waals surface area contributed by atoms with Crippen LogP contribution in [0.2, 0.25) is 0 Å². The number of carbonyl (C=O) groups excluding carboxylic acids is 1. The predicted octanol–water partition coefficient (Wildman–Crippen LogP) is 3.78. The summed E-state index contributed by atoms with van der Waals surface area (Å²) in [4.78, 5) is 26.2. The highest BCUT2D eigenvalue weighted by molar-refractivity contribution is 6.04. The van der Waals surface area contributed by atoms with Gasteiger partial charge in [-0.3, -0.25) is 19.5 Å². The number of piperidine rings is 1. The molecule has 1 amide bonds. The molecular weight excluding hydrogens is 444 g/mol. The molecule has 1 saturated heterocycles. The third kappa shape index (κ3) is 6.68. The van der Waals surface area contributed by atoms with E-state index in [1.165, 1.54) is 19.3 Å². The first-order chi connectivity index (χ1) is 17.0. The number of rotatable bonds is 9. The number of carboxylic acids is 1. The first kappa shape index (κ1) is 24.9. The minimum Gasteiger partial charge on any atom is -0.480 e. The molecule has 2 aliphatic rings. The van der Waals surface area contributed by atoms with Gasteiger partial charge in [-0.05, 0) is 73.1 Å². The Balaban J connectivity index is 1.41. The maximum Gasteiger partial charge on any atom is 0.317 e. The largest absolute Gasteiger partial charge is 0.480 e. The lowest BCUT2D eigenvalue weighted by Crippen LogP contribution is -2.39. The molecule has 2 aromatic carbocycles. The van der Waals surface area contributed by atoms with Crippen LogP contribution in [0.3, 0.4) is 0 Å². The summed E-state index contributed by atoms with van der Waals surface area (Å²) in [5, 5.41) is 18.9. The van der Waals surface area contributed by atoms with Crippen LogP contribution >= 0.6 is 0 Å². The van der Waals surface area contributed by atoms with Crippen LogP contribution in [-0.4, -0.2) is 73.0 Å². The van der Waals surface area contributed by atoms with Gasteiger partial charge in [-0.15, -0.1) is 0 Å². The number of carboxylic acid groups (broad SMARTS) is 1. The van der Waals surface area contributed by atoms with Gasteiger partial charge in [0.05, 0.1) is 12.8 Å². The number of nitrogens with zero attached hydrogens (tertiary/aromatic N) is 3. The van der Waals surface area contributed by atoms with E-state index in [1.807, 2.05) is 53.6 Å². The van der Waals surface area contributed by atoms with E-state index in [0.717, 1.165) is 35.5 Å². The van der Waals surface area contributed by atoms with Gasteiger partial charge in [0.1, 0.15) is 0 Å². The molecule has 8 heteroatoms. The highest BCUT2D eigenvalue weighted by Crippen LogP contribution is 2.33. The van der Waals surface area contributed by atoms with Crippen LogP contribution in [0.25, 0.3) is 0 Å². The lowest BCUT2D eigenvalue weighted by molar-refractivity contribution is -0.139. The molecule has 8 nitrogen and oxygen atoms in total. The third-order valence-electron chi connectivity index (χ3n) is 6.68. The van der Waals surface area contributed by atoms with Crippen molar-refractivity contribution < 1.29 is 19.4 Å². The Morgan fingerprint density at radius 2 is 1.89 bits per heavy atom. The van der Waals surface area contributed by atoms with Crippen LogP contribution in [0.4, 0.5) is 5.69 Å². The number of aliphatic carboxylic acids is 1. The zero-order valence-electron chi connectivity index (χ0n) is 20.3. The van der Waals surface area contributed by atoms with E-state index in [2.05, 4.69) is 15.4 Å². The van der Waals surface area contributed by atoms with Gasteiger partial charge in [0.25, 0.3) is 5.91 Å². The second-order valence-electron chi connectivity index (χ2n) is 9.16. The summed E-state index contributed by atoms with van der Waals surface area (Å²) in [5.41, 5.74) is 4.48. The second kappa shape index (κ2) is 12.0. The van der Waals surface area contributed by atoms with Gasteiger partial charge < -0.3 is 15.2 Å². The standard InChI is InChI=1S/C27H34N4O4/c1-35-16-12-25-24-10-7-22(17-21(24)11-15-30(25)19-26(32)33)27(34)29-23-8-5-20(6-9-23)18-28-31-13-3-2-4-14-31/h5-10,17-18,25H,2-4,11-16,19H2,1H3,(H,29,34)(H,32,33). The van der Waals surface area contributed by atoms with E-state index in [4.69, 9.17) is 4.74 Å². The van der Waals surface area contributed by atoms with Crippen molar-refractivity contribution >= 4 is 23.8 Å². The molecule has 35 heavy (non-hydrogen) atoms. The molecule has 0 aliphatic carbocycles. The third-order valence-corrected chi connectivity index (χ3v) is 6.68. The van der Waals surface area contributed by atoms with Crippen molar-refractivity contribution in [1.82, 2.24) is 9.91 Å². The number of hydrogen-bond donors (Lipinski definition) is 2. The SMILES string of the molecule is COCCC1c2ccc(C(=O)Nc3ccc(C=NN4CCCCC4)cc3)cc2CCN1CC(=O)O. The van der Waals surface area contributed by atoms with E-state index >= 15 is 0 Å². The van der Waals surface area contributed by atoms with Gasteiger partial charge in [0.2, 0.25) is 0 Å². The molecule has 0 saturated carbocycles. The number of carbonyl (C=O) groups is 2. The number of ether oxygens (including phenoxy) is 1. The van der Waals surface area contributed by atoms with Gasteiger partial charge in [-0.1, -0.05) is 18.2 Å². The topological polar surface area (TPSA) is 94.5 Å². The van der Waals surface area contributed by atoms with Gasteiger partial charge in [0, 0.05) is 50.6 Å². The van der Waals surface area contributed by atoms with Crippen molar-refractivity contribution in [2.45, 2.75) is 38.1 Å². The number of hydrazone groups is 1. The van der Waals surface area contributed by atoms with Crippen molar-refractivity contribution in [2.24, 2.45) is 5.10 Å². The van der Waals surface area contributed by atoms with Crippen molar-refractivity contribution in [1.29, 1.82) is 0 Å². The molecule has 2 aliphatic heterocycles. The monoisotopic (exact) mass is 478 g/mol. The first-order valence-corrected chi connectivity index (χ1v) is 12.3. The smallest absolute Gasteiger partial charge is 0.317 e. The maximum atomic E-state index is 12.9. The fourth-order valence-electron chi connectivity index (χ4n) is 4.83. The van der Waals surface area contributed by atoms with E-state index in [0.29, 0.717) is 31.6 Å². The van der Waals surface area contributed by atoms with Crippen LogP contribution in [0, 0.1) is 0 Å². The van der Waals surface area contributed by atoms with E-state index in [1.54, 1.807) is 7.11 Å². The second-order valence-corrected chi connectivity index (χ2v) is 9.16. The van der Waals surface area contributed by atoms with E-state index in [9.17, 15) is 14.7 Å². The molecule has 0 bridgehead atoms. The Kier molecular flexibility index (Phi) is 8.50. The summed E-state index contributed by atoms with van der Waals surface area (Å²) in [6.45, 7) is 3.20. The summed E-state index contributed by atoms with van der Waals surface area (Å²) < 4.78 is 5.25. The zero-order valence-corrected chi connectivity index (χ0v) is 20.3. The molecule has 1 atom stereocenters. The minimum absolute atomic E-state index is 0.00517. The number of hydrogen-bond acceptors (Lipinski definition) is 6. The van der Waals surface area contributed by atoms with Crippen LogP contribution in [-0.2, 0) is 16.0 Å². The fraction of sp³-hybridized carbons (Fsp3) is 0.444. The highest BCUT2D eigenvalue weighted by atomic mass is 16.5. The normalized spacial score (nSPS) is 18.4. The Morgan fingerprint density at radius 1 is 1.11 bits per heavy atom. The molecule has 0 spiro atoms. The minimum atomic E-state index is -0.837. The Labute approximate surface area is 206 Å². The average molecular weight is 479 g/mol. The zero-order chi connectivity index (χ0) is 24.6. The average Bonchev–Trinajstić information content (AvgIpc) is 2.87. The molecule has 0 radical (unpaired) electrons. The summed E-state index contributed by atoms with van der Waals surface area (Å²) in [5.74, 6) is -1.00. The summed E-state index contributed by atoms with van der Waals surface area (Å²) in [6.07, 6.45) is 6.95. The van der Waals surface area contributed by atoms with E-state index < -0.39 is 5.97 Å². The van der Waals surface area contributed by atoms with E-state index in [-0.39, 0.29) is 18.5 Å². The number of amides is 1. The Morgan fingerprint density at radius 3 is 2.60 bits per heavy atom. The quantitative estimate of drug-likeness (QED) is 0.533. The first-order valence-electron chi connectivity index (χ1n) is 12.3. The molecule has 1 unspecified atom stereocenters. The molecular formula is C27H34N4O4. The molecule has 0 aromatic heterocycles. The fourth-order valence-corrected chi connectivity index (χ4v) is 4.83. The van der Waals surface area contributed by atoms with Gasteiger partial charge in [-0.25, -0.2) is 0 Å². The van der Waals surface area contributed by atoms with Crippen LogP contribution in [0.15, 0.2) is 47.6 Å². The Hall–Kier alpha value is -3.23. The summed E-state index contributed by atoms with van der Waals surface area (Å²) >= 11 is 0. The van der Waals surface area contributed by atoms with Crippen molar-refractivity contribution in [2.75, 3.05) is 45.2 Å². The summed E-state index contributed by atoms with van der Waals surface area (Å²) in [7, 11) is 1.65. The highest BCUT2D eigenvalue weighted by Gasteiger charge is 2.29. The number of methoxy groups -OCH3 is 1. The number of fused-ring (bicyclic) bond motifs is 1. The number of nitrogens with one attached hydrogen (secondary N) is 1. The molecule has 1 fully saturated rings. The molecule has 2 aromatic rings. The maximum absolute atomic E-state index is 12.9. The summed E-state index contributed by atoms with van der Waals surface area (Å²) in [6, 6.07) is 13.3. The number of benzene rings is 2. The van der Waals surface area contributed by atoms with Crippen molar-refractivity contribution in [3.8, 4) is 0 Å². The van der Waals surface area contributed by atoms with Crippen molar-refractivity contribution in [3.05, 3.63) is 64.7 Å². The van der Waals surface area contributed by atoms with Crippen LogP contribution in [0.5, 0.6) is 0 Å². The van der Waals surface area contributed by atoms with Crippen LogP contribution < -0.4 is 5.32 Å². The lowest BCUT2D eigenvalue weighted by Gasteiger charge is -2.36. The molecule has 2 heterocycles. The van der Waals surface area contributed by atoms with Crippen LogP contribution in [0.1, 0.15) is 58.8 Å². The molecule has 186 valence electrons. The van der Waals surface area contributed by atoms with Gasteiger partial charge in [0.15, 0.2) is 0 Å². The van der Waals surface area contributed by atoms with Gasteiger partial charge in [-0.2, -0.15) is 5.10 Å². The molecule has 4 rings (SSSR count). The Bertz CT molecular complexity index is 1050. The number of anilines is 1. The van der Waals surface area contributed by atoms with Gasteiger partial charge >= 0.3 is 5.97 Å². The lowest BCUT2D eigenvalue weighted by atomic mass is 9.89. The predicted molar refractivity (Wildman–Crippen MR) is 136 cm³/mol.